The number of rotatable bonds is 2. The standard InChI is InChI=1S/C10H13O3P.Li.H/c1-6-4-7(2)9(8(3)5-6)10(11)14(12)13;;/h4-5,12-13H,1-3H3;;/q;+1;-1. The van der Waals surface area contributed by atoms with E-state index in [9.17, 15) is 4.79 Å². The monoisotopic (exact) mass is 220 g/mol. The third kappa shape index (κ3) is 3.41. The van der Waals surface area contributed by atoms with Gasteiger partial charge < -0.3 is 11.2 Å². The Morgan fingerprint density at radius 1 is 1.20 bits per heavy atom. The van der Waals surface area contributed by atoms with E-state index in [-0.39, 0.29) is 20.3 Å². The van der Waals surface area contributed by atoms with E-state index in [4.69, 9.17) is 9.79 Å². The first-order chi connectivity index (χ1) is 6.43. The van der Waals surface area contributed by atoms with E-state index >= 15 is 0 Å². The Balaban J connectivity index is 0. The predicted octanol–water partition coefficient (Wildman–Crippen LogP) is -0.835. The molecule has 0 unspecified atom stereocenters. The summed E-state index contributed by atoms with van der Waals surface area (Å²) in [5.41, 5.74) is 2.52. The van der Waals surface area contributed by atoms with Crippen molar-refractivity contribution >= 4 is 13.9 Å². The normalized spacial score (nSPS) is 10.0. The quantitative estimate of drug-likeness (QED) is 0.505. The molecule has 0 aromatic heterocycles. The fourth-order valence-electron chi connectivity index (χ4n) is 1.62. The Hall–Kier alpha value is -0.163. The summed E-state index contributed by atoms with van der Waals surface area (Å²) < 4.78 is 0. The molecular weight excluding hydrogens is 206 g/mol. The maximum Gasteiger partial charge on any atom is 1.00 e. The van der Waals surface area contributed by atoms with E-state index < -0.39 is 13.9 Å². The van der Waals surface area contributed by atoms with Gasteiger partial charge in [0.1, 0.15) is 0 Å². The van der Waals surface area contributed by atoms with Crippen LogP contribution in [0.2, 0.25) is 0 Å². The van der Waals surface area contributed by atoms with Crippen molar-refractivity contribution in [2.45, 2.75) is 20.8 Å². The molecule has 1 aromatic rings. The van der Waals surface area contributed by atoms with Gasteiger partial charge in [-0.05, 0) is 31.9 Å². The molecule has 0 heterocycles. The molecule has 0 aliphatic rings. The molecule has 1 rings (SSSR count). The van der Waals surface area contributed by atoms with Crippen LogP contribution in [-0.4, -0.2) is 15.3 Å². The molecule has 0 radical (unpaired) electrons. The van der Waals surface area contributed by atoms with Gasteiger partial charge >= 0.3 is 18.9 Å². The molecule has 0 aliphatic heterocycles. The summed E-state index contributed by atoms with van der Waals surface area (Å²) in [6.07, 6.45) is 0. The Kier molecular flexibility index (Phi) is 5.73. The van der Waals surface area contributed by atoms with Crippen molar-refractivity contribution in [1.29, 1.82) is 0 Å². The van der Waals surface area contributed by atoms with Gasteiger partial charge in [-0.15, -0.1) is 0 Å². The topological polar surface area (TPSA) is 57.5 Å². The summed E-state index contributed by atoms with van der Waals surface area (Å²) in [6, 6.07) is 3.72. The van der Waals surface area contributed by atoms with E-state index in [0.29, 0.717) is 5.56 Å². The van der Waals surface area contributed by atoms with Crippen LogP contribution in [0.25, 0.3) is 0 Å². The summed E-state index contributed by atoms with van der Waals surface area (Å²) in [6.45, 7) is 5.53. The van der Waals surface area contributed by atoms with Crippen LogP contribution in [0, 0.1) is 20.8 Å². The molecule has 0 amide bonds. The van der Waals surface area contributed by atoms with Crippen molar-refractivity contribution in [3.05, 3.63) is 34.4 Å². The van der Waals surface area contributed by atoms with Crippen LogP contribution in [0.1, 0.15) is 28.5 Å². The first kappa shape index (κ1) is 14.8. The Labute approximate surface area is 104 Å². The summed E-state index contributed by atoms with van der Waals surface area (Å²) >= 11 is 0. The number of benzene rings is 1. The van der Waals surface area contributed by atoms with Crippen LogP contribution in [0.4, 0.5) is 0 Å². The summed E-state index contributed by atoms with van der Waals surface area (Å²) in [7, 11) is -2.52. The molecule has 0 saturated carbocycles. The molecule has 0 aliphatic carbocycles. The fourth-order valence-corrected chi connectivity index (χ4v) is 2.17. The molecule has 2 N–H and O–H groups in total. The fraction of sp³-hybridized carbons (Fsp3) is 0.300. The minimum absolute atomic E-state index is 0. The smallest absolute Gasteiger partial charge is 1.00 e. The van der Waals surface area contributed by atoms with Gasteiger partial charge in [-0.25, -0.2) is 0 Å². The van der Waals surface area contributed by atoms with Gasteiger partial charge in [0.15, 0.2) is 0 Å². The predicted molar refractivity (Wildman–Crippen MR) is 57.5 cm³/mol. The van der Waals surface area contributed by atoms with Crippen LogP contribution in [0.15, 0.2) is 12.1 Å². The van der Waals surface area contributed by atoms with E-state index in [1.165, 1.54) is 0 Å². The van der Waals surface area contributed by atoms with Crippen LogP contribution in [0.3, 0.4) is 0 Å². The zero-order valence-corrected chi connectivity index (χ0v) is 10.3. The molecule has 0 spiro atoms. The second-order valence-corrected chi connectivity index (χ2v) is 4.35. The van der Waals surface area contributed by atoms with Gasteiger partial charge in [-0.2, -0.15) is 0 Å². The molecule has 3 nitrogen and oxygen atoms in total. The van der Waals surface area contributed by atoms with Gasteiger partial charge in [0.05, 0.1) is 0 Å². The maximum atomic E-state index is 11.4. The molecule has 0 bridgehead atoms. The van der Waals surface area contributed by atoms with Crippen molar-refractivity contribution in [2.75, 3.05) is 0 Å². The zero-order chi connectivity index (χ0) is 10.9. The Morgan fingerprint density at radius 3 is 1.93 bits per heavy atom. The molecule has 0 saturated heterocycles. The second kappa shape index (κ2) is 5.79. The van der Waals surface area contributed by atoms with E-state index in [1.54, 1.807) is 13.8 Å². The SMILES string of the molecule is Cc1cc(C)c(C(=O)P(O)O)c(C)c1.[H-].[Li+]. The Morgan fingerprint density at radius 2 is 1.60 bits per heavy atom. The maximum absolute atomic E-state index is 11.4. The first-order valence-electron chi connectivity index (χ1n) is 4.23. The molecular formula is C10H14LiO3P. The zero-order valence-electron chi connectivity index (χ0n) is 10.4. The van der Waals surface area contributed by atoms with Crippen molar-refractivity contribution in [3.63, 3.8) is 0 Å². The number of carbonyl (C=O) groups is 1. The Bertz CT molecular complexity index is 359. The molecule has 15 heavy (non-hydrogen) atoms. The second-order valence-electron chi connectivity index (χ2n) is 3.37. The van der Waals surface area contributed by atoms with E-state index in [1.807, 2.05) is 19.1 Å². The van der Waals surface area contributed by atoms with Crippen LogP contribution in [-0.2, 0) is 0 Å². The summed E-state index contributed by atoms with van der Waals surface area (Å²) in [4.78, 5) is 29.2. The minimum atomic E-state index is -2.52. The van der Waals surface area contributed by atoms with Crippen molar-refractivity contribution in [1.82, 2.24) is 0 Å². The van der Waals surface area contributed by atoms with Crippen LogP contribution >= 0.6 is 8.38 Å². The van der Waals surface area contributed by atoms with Crippen molar-refractivity contribution in [3.8, 4) is 0 Å². The minimum Gasteiger partial charge on any atom is -1.00 e. The number of carbonyl (C=O) groups excluding carboxylic acids is 1. The van der Waals surface area contributed by atoms with Crippen molar-refractivity contribution in [2.24, 2.45) is 0 Å². The third-order valence-electron chi connectivity index (χ3n) is 2.07. The molecule has 5 heteroatoms. The molecule has 0 atom stereocenters. The van der Waals surface area contributed by atoms with Crippen LogP contribution < -0.4 is 18.9 Å². The number of aryl methyl sites for hydroxylation is 3. The number of hydrogen-bond donors (Lipinski definition) is 2. The van der Waals surface area contributed by atoms with Gasteiger partial charge in [-0.3, -0.25) is 4.79 Å². The first-order valence-corrected chi connectivity index (χ1v) is 5.48. The summed E-state index contributed by atoms with van der Waals surface area (Å²) in [5.74, 6) is 0. The van der Waals surface area contributed by atoms with Gasteiger partial charge in [0.2, 0.25) is 13.9 Å². The largest absolute Gasteiger partial charge is 1.00 e. The van der Waals surface area contributed by atoms with E-state index in [2.05, 4.69) is 0 Å². The molecule has 78 valence electrons. The van der Waals surface area contributed by atoms with Crippen molar-refractivity contribution < 1.29 is 34.9 Å². The van der Waals surface area contributed by atoms with Crippen LogP contribution in [0.5, 0.6) is 0 Å². The number of hydrogen-bond acceptors (Lipinski definition) is 3. The van der Waals surface area contributed by atoms with Gasteiger partial charge in [-0.1, -0.05) is 17.7 Å². The van der Waals surface area contributed by atoms with Gasteiger partial charge in [0, 0.05) is 5.56 Å². The average molecular weight is 220 g/mol. The van der Waals surface area contributed by atoms with E-state index in [0.717, 1.165) is 16.7 Å². The summed E-state index contributed by atoms with van der Waals surface area (Å²) in [5, 5.41) is 0. The average Bonchev–Trinajstić information content (AvgIpc) is 2.01. The van der Waals surface area contributed by atoms with Gasteiger partial charge in [0.25, 0.3) is 0 Å². The third-order valence-corrected chi connectivity index (χ3v) is 2.66. The molecule has 0 fully saturated rings. The molecule has 1 aromatic carbocycles.